The number of nitrogens with zero attached hydrogens (tertiary/aromatic N) is 1. The average Bonchev–Trinajstić information content (AvgIpc) is 3.06. The van der Waals surface area contributed by atoms with E-state index in [0.29, 0.717) is 6.04 Å². The third-order valence-electron chi connectivity index (χ3n) is 6.16. The number of fused-ring (bicyclic) bond motifs is 1. The lowest BCUT2D eigenvalue weighted by molar-refractivity contribution is 0.282. The summed E-state index contributed by atoms with van der Waals surface area (Å²) >= 11 is 0. The SMILES string of the molecule is CCC1(CCCC(C)N(C)c2ccccc2CO)C=Cc2ccccc21. The minimum atomic E-state index is 0.0910. The van der Waals surface area contributed by atoms with Crippen molar-refractivity contribution in [2.45, 2.75) is 57.6 Å². The van der Waals surface area contributed by atoms with Gasteiger partial charge in [-0.2, -0.15) is 0 Å². The molecule has 0 spiro atoms. The van der Waals surface area contributed by atoms with Crippen molar-refractivity contribution in [2.75, 3.05) is 11.9 Å². The van der Waals surface area contributed by atoms with E-state index in [1.54, 1.807) is 0 Å². The van der Waals surface area contributed by atoms with Crippen LogP contribution in [-0.4, -0.2) is 18.2 Å². The van der Waals surface area contributed by atoms with Gasteiger partial charge >= 0.3 is 0 Å². The van der Waals surface area contributed by atoms with Gasteiger partial charge in [0.05, 0.1) is 6.61 Å². The van der Waals surface area contributed by atoms with Gasteiger partial charge in [-0.15, -0.1) is 0 Å². The number of hydrogen-bond donors (Lipinski definition) is 1. The molecule has 0 saturated heterocycles. The van der Waals surface area contributed by atoms with Gasteiger partial charge in [0.1, 0.15) is 0 Å². The highest BCUT2D eigenvalue weighted by Gasteiger charge is 2.32. The monoisotopic (exact) mass is 349 g/mol. The van der Waals surface area contributed by atoms with Gasteiger partial charge in [-0.3, -0.25) is 0 Å². The Bertz CT molecular complexity index is 766. The summed E-state index contributed by atoms with van der Waals surface area (Å²) in [6.45, 7) is 4.68. The quantitative estimate of drug-likeness (QED) is 0.675. The predicted molar refractivity (Wildman–Crippen MR) is 112 cm³/mol. The zero-order valence-corrected chi connectivity index (χ0v) is 16.3. The molecule has 138 valence electrons. The molecule has 1 N–H and O–H groups in total. The lowest BCUT2D eigenvalue weighted by Crippen LogP contribution is -2.30. The van der Waals surface area contributed by atoms with Gasteiger partial charge in [-0.1, -0.05) is 68.0 Å². The summed E-state index contributed by atoms with van der Waals surface area (Å²) in [5.74, 6) is 0. The maximum Gasteiger partial charge on any atom is 0.0702 e. The number of aliphatic hydroxyl groups is 1. The standard InChI is InChI=1S/C24H31NO/c1-4-24(17-15-20-11-5-7-13-22(20)24)16-9-10-19(2)25(3)23-14-8-6-12-21(23)18-26/h5-8,11-15,17,19,26H,4,9-10,16,18H2,1-3H3. The Kier molecular flexibility index (Phi) is 5.83. The van der Waals surface area contributed by atoms with Crippen LogP contribution in [-0.2, 0) is 12.0 Å². The Morgan fingerprint density at radius 3 is 2.58 bits per heavy atom. The Morgan fingerprint density at radius 2 is 1.81 bits per heavy atom. The van der Waals surface area contributed by atoms with Crippen molar-refractivity contribution < 1.29 is 5.11 Å². The van der Waals surface area contributed by atoms with Gasteiger partial charge < -0.3 is 10.0 Å². The Balaban J connectivity index is 1.63. The molecule has 3 rings (SSSR count). The molecule has 2 atom stereocenters. The second kappa shape index (κ2) is 8.09. The molecule has 0 aliphatic heterocycles. The average molecular weight is 350 g/mol. The summed E-state index contributed by atoms with van der Waals surface area (Å²) < 4.78 is 0. The van der Waals surface area contributed by atoms with Gasteiger partial charge in [0.2, 0.25) is 0 Å². The lowest BCUT2D eigenvalue weighted by atomic mass is 9.76. The van der Waals surface area contributed by atoms with Crippen LogP contribution in [0.1, 0.15) is 56.2 Å². The fourth-order valence-corrected chi connectivity index (χ4v) is 4.27. The molecule has 0 aromatic heterocycles. The second-order valence-corrected chi connectivity index (χ2v) is 7.57. The smallest absolute Gasteiger partial charge is 0.0702 e. The van der Waals surface area contributed by atoms with Crippen molar-refractivity contribution in [1.29, 1.82) is 0 Å². The van der Waals surface area contributed by atoms with Crippen LogP contribution in [0.25, 0.3) is 6.08 Å². The molecule has 2 nitrogen and oxygen atoms in total. The zero-order chi connectivity index (χ0) is 18.6. The maximum absolute atomic E-state index is 9.59. The van der Waals surface area contributed by atoms with E-state index in [-0.39, 0.29) is 12.0 Å². The van der Waals surface area contributed by atoms with Gasteiger partial charge in [-0.25, -0.2) is 0 Å². The highest BCUT2D eigenvalue weighted by atomic mass is 16.3. The fourth-order valence-electron chi connectivity index (χ4n) is 4.27. The zero-order valence-electron chi connectivity index (χ0n) is 16.3. The maximum atomic E-state index is 9.59. The van der Waals surface area contributed by atoms with Crippen molar-refractivity contribution >= 4 is 11.8 Å². The predicted octanol–water partition coefficient (Wildman–Crippen LogP) is 5.55. The summed E-state index contributed by atoms with van der Waals surface area (Å²) in [7, 11) is 2.14. The molecule has 0 radical (unpaired) electrons. The lowest BCUT2D eigenvalue weighted by Gasteiger charge is -2.31. The van der Waals surface area contributed by atoms with E-state index in [4.69, 9.17) is 0 Å². The number of anilines is 1. The molecule has 0 fully saturated rings. The van der Waals surface area contributed by atoms with Crippen LogP contribution < -0.4 is 4.90 Å². The van der Waals surface area contributed by atoms with E-state index in [9.17, 15) is 5.11 Å². The van der Waals surface area contributed by atoms with Gasteiger partial charge in [-0.05, 0) is 43.4 Å². The van der Waals surface area contributed by atoms with Crippen LogP contribution in [0.4, 0.5) is 5.69 Å². The molecule has 0 saturated carbocycles. The molecule has 26 heavy (non-hydrogen) atoms. The number of benzene rings is 2. The van der Waals surface area contributed by atoms with E-state index < -0.39 is 0 Å². The molecule has 2 heteroatoms. The number of allylic oxidation sites excluding steroid dienone is 1. The van der Waals surface area contributed by atoms with Gasteiger partial charge in [0, 0.05) is 29.8 Å². The van der Waals surface area contributed by atoms with Crippen molar-refractivity contribution in [2.24, 2.45) is 0 Å². The number of para-hydroxylation sites is 1. The van der Waals surface area contributed by atoms with E-state index in [1.807, 2.05) is 18.2 Å². The first-order valence-electron chi connectivity index (χ1n) is 9.81. The summed E-state index contributed by atoms with van der Waals surface area (Å²) in [5, 5.41) is 9.59. The van der Waals surface area contributed by atoms with E-state index in [0.717, 1.165) is 24.1 Å². The minimum absolute atomic E-state index is 0.0910. The van der Waals surface area contributed by atoms with Crippen LogP contribution in [0.15, 0.2) is 54.6 Å². The van der Waals surface area contributed by atoms with Crippen LogP contribution in [0.3, 0.4) is 0 Å². The number of hydrogen-bond acceptors (Lipinski definition) is 2. The molecule has 1 aliphatic carbocycles. The first-order chi connectivity index (χ1) is 12.6. The minimum Gasteiger partial charge on any atom is -0.392 e. The Morgan fingerprint density at radius 1 is 1.08 bits per heavy atom. The molecule has 2 aromatic rings. The molecule has 2 aromatic carbocycles. The third kappa shape index (κ3) is 3.57. The number of rotatable bonds is 8. The van der Waals surface area contributed by atoms with Gasteiger partial charge in [0.15, 0.2) is 0 Å². The molecule has 1 aliphatic rings. The van der Waals surface area contributed by atoms with Crippen LogP contribution in [0.2, 0.25) is 0 Å². The fraction of sp³-hybridized carbons (Fsp3) is 0.417. The number of aliphatic hydroxyl groups excluding tert-OH is 1. The van der Waals surface area contributed by atoms with E-state index in [1.165, 1.54) is 24.0 Å². The third-order valence-corrected chi connectivity index (χ3v) is 6.16. The Hall–Kier alpha value is -2.06. The first-order valence-corrected chi connectivity index (χ1v) is 9.81. The highest BCUT2D eigenvalue weighted by Crippen LogP contribution is 2.42. The highest BCUT2D eigenvalue weighted by molar-refractivity contribution is 5.65. The van der Waals surface area contributed by atoms with Crippen molar-refractivity contribution in [1.82, 2.24) is 0 Å². The van der Waals surface area contributed by atoms with Gasteiger partial charge in [0.25, 0.3) is 0 Å². The van der Waals surface area contributed by atoms with Crippen LogP contribution >= 0.6 is 0 Å². The molecule has 0 amide bonds. The molecule has 2 unspecified atom stereocenters. The summed E-state index contributed by atoms with van der Waals surface area (Å²) in [6, 6.07) is 17.4. The van der Waals surface area contributed by atoms with Crippen molar-refractivity contribution in [3.63, 3.8) is 0 Å². The normalized spacial score (nSPS) is 19.4. The molecule has 0 heterocycles. The summed E-state index contributed by atoms with van der Waals surface area (Å²) in [4.78, 5) is 2.31. The van der Waals surface area contributed by atoms with E-state index >= 15 is 0 Å². The second-order valence-electron chi connectivity index (χ2n) is 7.57. The topological polar surface area (TPSA) is 23.5 Å². The molecular weight excluding hydrogens is 318 g/mol. The Labute approximate surface area is 158 Å². The van der Waals surface area contributed by atoms with Crippen molar-refractivity contribution in [3.05, 3.63) is 71.3 Å². The van der Waals surface area contributed by atoms with Crippen LogP contribution in [0.5, 0.6) is 0 Å². The molecule has 0 bridgehead atoms. The summed E-state index contributed by atoms with van der Waals surface area (Å²) in [6.07, 6.45) is 9.40. The van der Waals surface area contributed by atoms with Crippen LogP contribution in [0, 0.1) is 0 Å². The first kappa shape index (κ1) is 18.7. The largest absolute Gasteiger partial charge is 0.392 e. The van der Waals surface area contributed by atoms with E-state index in [2.05, 4.69) is 68.3 Å². The molecular formula is C24H31NO. The van der Waals surface area contributed by atoms with Crippen molar-refractivity contribution in [3.8, 4) is 0 Å². The summed E-state index contributed by atoms with van der Waals surface area (Å²) in [5.41, 5.74) is 5.22.